The van der Waals surface area contributed by atoms with Gasteiger partial charge in [0, 0.05) is 12.6 Å². The third kappa shape index (κ3) is 4.63. The number of nitrogens with one attached hydrogen (secondary N) is 1. The first-order valence-corrected chi connectivity index (χ1v) is 5.39. The molecule has 0 aliphatic heterocycles. The molecule has 0 unspecified atom stereocenters. The number of aliphatic hydroxyl groups is 1. The lowest BCUT2D eigenvalue weighted by atomic mass is 9.91. The summed E-state index contributed by atoms with van der Waals surface area (Å²) in [4.78, 5) is 0. The van der Waals surface area contributed by atoms with Crippen molar-refractivity contribution in [1.29, 1.82) is 0 Å². The molecule has 2 N–H and O–H groups in total. The summed E-state index contributed by atoms with van der Waals surface area (Å²) in [6, 6.07) is 0.544. The molecule has 0 amide bonds. The van der Waals surface area contributed by atoms with Crippen LogP contribution in [0.2, 0.25) is 0 Å². The van der Waals surface area contributed by atoms with Crippen LogP contribution in [0.25, 0.3) is 0 Å². The first kappa shape index (κ1) is 11.0. The van der Waals surface area contributed by atoms with Gasteiger partial charge in [-0.2, -0.15) is 0 Å². The van der Waals surface area contributed by atoms with Crippen LogP contribution in [0.1, 0.15) is 46.5 Å². The van der Waals surface area contributed by atoms with Crippen LogP contribution >= 0.6 is 0 Å². The summed E-state index contributed by atoms with van der Waals surface area (Å²) in [5, 5.41) is 13.0. The van der Waals surface area contributed by atoms with Gasteiger partial charge in [-0.25, -0.2) is 0 Å². The van der Waals surface area contributed by atoms with Crippen LogP contribution < -0.4 is 5.32 Å². The summed E-state index contributed by atoms with van der Waals surface area (Å²) < 4.78 is 0. The van der Waals surface area contributed by atoms with E-state index in [1.807, 2.05) is 0 Å². The van der Waals surface area contributed by atoms with Gasteiger partial charge >= 0.3 is 0 Å². The third-order valence-corrected chi connectivity index (χ3v) is 2.57. The van der Waals surface area contributed by atoms with E-state index in [9.17, 15) is 5.11 Å². The van der Waals surface area contributed by atoms with Crippen molar-refractivity contribution in [3.63, 3.8) is 0 Å². The van der Waals surface area contributed by atoms with E-state index in [-0.39, 0.29) is 6.10 Å². The van der Waals surface area contributed by atoms with Crippen molar-refractivity contribution in [3.05, 3.63) is 0 Å². The van der Waals surface area contributed by atoms with Crippen LogP contribution in [0.15, 0.2) is 0 Å². The van der Waals surface area contributed by atoms with Gasteiger partial charge in [-0.1, -0.05) is 20.8 Å². The number of aliphatic hydroxyl groups excluding tert-OH is 1. The topological polar surface area (TPSA) is 32.3 Å². The smallest absolute Gasteiger partial charge is 0.0555 e. The van der Waals surface area contributed by atoms with E-state index in [2.05, 4.69) is 26.1 Å². The van der Waals surface area contributed by atoms with E-state index in [1.165, 1.54) is 12.8 Å². The Morgan fingerprint density at radius 1 is 1.31 bits per heavy atom. The zero-order valence-corrected chi connectivity index (χ0v) is 9.14. The zero-order chi connectivity index (χ0) is 9.90. The molecule has 1 rings (SSSR count). The predicted octanol–water partition coefficient (Wildman–Crippen LogP) is 1.93. The summed E-state index contributed by atoms with van der Waals surface area (Å²) in [7, 11) is 0. The number of hydrogen-bond acceptors (Lipinski definition) is 2. The summed E-state index contributed by atoms with van der Waals surface area (Å²) >= 11 is 0. The molecule has 1 saturated carbocycles. The maximum absolute atomic E-state index is 9.47. The minimum absolute atomic E-state index is 0.0637. The minimum atomic E-state index is -0.0637. The standard InChI is InChI=1S/C11H23NO/c1-11(2,3)8-12-9-5-4-6-10(13)7-9/h9-10,12-13H,4-8H2,1-3H3/t9-,10+/m0/s1. The molecule has 2 atom stereocenters. The van der Waals surface area contributed by atoms with Gasteiger partial charge < -0.3 is 10.4 Å². The lowest BCUT2D eigenvalue weighted by Crippen LogP contribution is -2.40. The van der Waals surface area contributed by atoms with E-state index in [0.717, 1.165) is 19.4 Å². The van der Waals surface area contributed by atoms with Gasteiger partial charge in [0.25, 0.3) is 0 Å². The average molecular weight is 185 g/mol. The Hall–Kier alpha value is -0.0800. The van der Waals surface area contributed by atoms with Gasteiger partial charge in [-0.3, -0.25) is 0 Å². The molecule has 13 heavy (non-hydrogen) atoms. The quantitative estimate of drug-likeness (QED) is 0.689. The van der Waals surface area contributed by atoms with Crippen molar-refractivity contribution < 1.29 is 5.11 Å². The van der Waals surface area contributed by atoms with Crippen molar-refractivity contribution in [2.75, 3.05) is 6.54 Å². The molecular formula is C11H23NO. The fraction of sp³-hybridized carbons (Fsp3) is 1.00. The molecular weight excluding hydrogens is 162 g/mol. The molecule has 0 heterocycles. The fourth-order valence-electron chi connectivity index (χ4n) is 1.80. The van der Waals surface area contributed by atoms with Crippen molar-refractivity contribution >= 4 is 0 Å². The van der Waals surface area contributed by atoms with E-state index >= 15 is 0 Å². The van der Waals surface area contributed by atoms with E-state index in [4.69, 9.17) is 0 Å². The summed E-state index contributed by atoms with van der Waals surface area (Å²) in [5.74, 6) is 0. The zero-order valence-electron chi connectivity index (χ0n) is 9.14. The molecule has 0 aromatic carbocycles. The molecule has 1 fully saturated rings. The van der Waals surface area contributed by atoms with Gasteiger partial charge in [0.15, 0.2) is 0 Å². The highest BCUT2D eigenvalue weighted by atomic mass is 16.3. The van der Waals surface area contributed by atoms with Crippen LogP contribution in [-0.4, -0.2) is 23.8 Å². The Morgan fingerprint density at radius 3 is 2.54 bits per heavy atom. The Balaban J connectivity index is 2.21. The van der Waals surface area contributed by atoms with Crippen LogP contribution in [0.4, 0.5) is 0 Å². The molecule has 78 valence electrons. The summed E-state index contributed by atoms with van der Waals surface area (Å²) in [5.41, 5.74) is 0.350. The van der Waals surface area contributed by atoms with Gasteiger partial charge in [0.1, 0.15) is 0 Å². The van der Waals surface area contributed by atoms with Crippen LogP contribution in [0.3, 0.4) is 0 Å². The molecule has 2 nitrogen and oxygen atoms in total. The van der Waals surface area contributed by atoms with Crippen molar-refractivity contribution in [2.24, 2.45) is 5.41 Å². The highest BCUT2D eigenvalue weighted by Gasteiger charge is 2.21. The lowest BCUT2D eigenvalue weighted by Gasteiger charge is -2.29. The van der Waals surface area contributed by atoms with Gasteiger partial charge in [-0.15, -0.1) is 0 Å². The van der Waals surface area contributed by atoms with Crippen molar-refractivity contribution in [1.82, 2.24) is 5.32 Å². The van der Waals surface area contributed by atoms with Crippen molar-refractivity contribution in [2.45, 2.75) is 58.6 Å². The monoisotopic (exact) mass is 185 g/mol. The second kappa shape index (κ2) is 4.43. The van der Waals surface area contributed by atoms with Crippen molar-refractivity contribution in [3.8, 4) is 0 Å². The molecule has 0 aromatic rings. The fourth-order valence-corrected chi connectivity index (χ4v) is 1.80. The Bertz CT molecular complexity index is 151. The Kier molecular flexibility index (Phi) is 3.74. The van der Waals surface area contributed by atoms with Gasteiger partial charge in [0.2, 0.25) is 0 Å². The maximum atomic E-state index is 9.47. The molecule has 1 aliphatic rings. The molecule has 2 heteroatoms. The SMILES string of the molecule is CC(C)(C)CN[C@H]1CCC[C@@H](O)C1. The van der Waals surface area contributed by atoms with Crippen LogP contribution in [0.5, 0.6) is 0 Å². The summed E-state index contributed by atoms with van der Waals surface area (Å²) in [6.07, 6.45) is 4.27. The number of hydrogen-bond donors (Lipinski definition) is 2. The lowest BCUT2D eigenvalue weighted by molar-refractivity contribution is 0.109. The normalized spacial score (nSPS) is 30.5. The largest absolute Gasteiger partial charge is 0.393 e. The molecule has 0 aromatic heterocycles. The Labute approximate surface area is 81.7 Å². The average Bonchev–Trinajstić information content (AvgIpc) is 2.00. The Morgan fingerprint density at radius 2 is 2.00 bits per heavy atom. The summed E-state index contributed by atoms with van der Waals surface area (Å²) in [6.45, 7) is 7.75. The third-order valence-electron chi connectivity index (χ3n) is 2.57. The first-order chi connectivity index (χ1) is 5.97. The maximum Gasteiger partial charge on any atom is 0.0555 e. The highest BCUT2D eigenvalue weighted by molar-refractivity contribution is 4.79. The second-order valence-electron chi connectivity index (χ2n) is 5.46. The first-order valence-electron chi connectivity index (χ1n) is 5.39. The van der Waals surface area contributed by atoms with E-state index in [1.54, 1.807) is 0 Å². The number of rotatable bonds is 2. The van der Waals surface area contributed by atoms with Gasteiger partial charge in [0.05, 0.1) is 6.10 Å². The molecule has 1 aliphatic carbocycles. The van der Waals surface area contributed by atoms with E-state index in [0.29, 0.717) is 11.5 Å². The van der Waals surface area contributed by atoms with Gasteiger partial charge in [-0.05, 0) is 31.1 Å². The van der Waals surface area contributed by atoms with E-state index < -0.39 is 0 Å². The predicted molar refractivity (Wildman–Crippen MR) is 55.7 cm³/mol. The highest BCUT2D eigenvalue weighted by Crippen LogP contribution is 2.19. The molecule has 0 radical (unpaired) electrons. The molecule has 0 saturated heterocycles. The van der Waals surface area contributed by atoms with Crippen LogP contribution in [-0.2, 0) is 0 Å². The second-order valence-corrected chi connectivity index (χ2v) is 5.46. The molecule has 0 bridgehead atoms. The molecule has 0 spiro atoms. The van der Waals surface area contributed by atoms with Crippen LogP contribution in [0, 0.1) is 5.41 Å². The minimum Gasteiger partial charge on any atom is -0.393 e.